The van der Waals surface area contributed by atoms with Gasteiger partial charge in [0.25, 0.3) is 0 Å². The molecule has 36 heavy (non-hydrogen) atoms. The first-order valence-electron chi connectivity index (χ1n) is 11.4. The second-order valence-corrected chi connectivity index (χ2v) is 8.38. The molecule has 0 saturated heterocycles. The number of aliphatic carboxylic acids is 1. The van der Waals surface area contributed by atoms with Crippen molar-refractivity contribution in [2.75, 3.05) is 19.7 Å². The Kier molecular flexibility index (Phi) is 15.2. The summed E-state index contributed by atoms with van der Waals surface area (Å²) in [5.74, 6) is -4.21. The third-order valence-electron chi connectivity index (χ3n) is 4.93. The number of rotatable bonds is 17. The minimum absolute atomic E-state index is 0.0486. The molecule has 15 N–H and O–H groups in total. The van der Waals surface area contributed by atoms with Crippen LogP contribution in [0.25, 0.3) is 0 Å². The maximum absolute atomic E-state index is 12.8. The Hall–Kier alpha value is -3.66. The quantitative estimate of drug-likeness (QED) is 0.0500. The molecule has 206 valence electrons. The topological polar surface area (TPSA) is 300 Å². The lowest BCUT2D eigenvalue weighted by Crippen LogP contribution is -2.59. The largest absolute Gasteiger partial charge is 0.480 e. The maximum Gasteiger partial charge on any atom is 0.326 e. The second-order valence-electron chi connectivity index (χ2n) is 8.38. The average Bonchev–Trinajstić information content (AvgIpc) is 2.79. The third-order valence-corrected chi connectivity index (χ3v) is 4.93. The van der Waals surface area contributed by atoms with Gasteiger partial charge in [0.15, 0.2) is 11.9 Å². The van der Waals surface area contributed by atoms with Crippen molar-refractivity contribution in [3.63, 3.8) is 0 Å². The molecule has 16 nitrogen and oxygen atoms in total. The summed E-state index contributed by atoms with van der Waals surface area (Å²) in [4.78, 5) is 56.8. The molecule has 4 unspecified atom stereocenters. The Bertz CT molecular complexity index is 796. The minimum atomic E-state index is -1.38. The lowest BCUT2D eigenvalue weighted by molar-refractivity contribution is -0.142. The van der Waals surface area contributed by atoms with Crippen LogP contribution in [0, 0.1) is 5.92 Å². The molecule has 0 radical (unpaired) electrons. The average molecular weight is 517 g/mol. The third kappa shape index (κ3) is 13.3. The minimum Gasteiger partial charge on any atom is -0.480 e. The van der Waals surface area contributed by atoms with Gasteiger partial charge in [0.05, 0.1) is 12.6 Å². The predicted octanol–water partition coefficient (Wildman–Crippen LogP) is -4.39. The van der Waals surface area contributed by atoms with Gasteiger partial charge in [0.2, 0.25) is 17.7 Å². The number of aliphatic imine (C=N–C) groups is 2. The van der Waals surface area contributed by atoms with E-state index in [1.807, 2.05) is 0 Å². The Morgan fingerprint density at radius 1 is 0.778 bits per heavy atom. The summed E-state index contributed by atoms with van der Waals surface area (Å²) < 4.78 is 0. The van der Waals surface area contributed by atoms with E-state index in [4.69, 9.17) is 28.7 Å². The van der Waals surface area contributed by atoms with Crippen LogP contribution < -0.4 is 44.6 Å². The zero-order valence-electron chi connectivity index (χ0n) is 20.6. The Balaban J connectivity index is 5.06. The van der Waals surface area contributed by atoms with Gasteiger partial charge in [-0.05, 0) is 31.6 Å². The van der Waals surface area contributed by atoms with Crippen LogP contribution in [0.3, 0.4) is 0 Å². The predicted molar refractivity (Wildman–Crippen MR) is 133 cm³/mol. The highest BCUT2D eigenvalue weighted by Crippen LogP contribution is 2.06. The van der Waals surface area contributed by atoms with Gasteiger partial charge in [-0.25, -0.2) is 4.79 Å². The van der Waals surface area contributed by atoms with E-state index >= 15 is 0 Å². The van der Waals surface area contributed by atoms with Gasteiger partial charge in [0, 0.05) is 13.1 Å². The molecule has 0 aromatic rings. The van der Waals surface area contributed by atoms with Crippen molar-refractivity contribution in [1.29, 1.82) is 0 Å². The molecular weight excluding hydrogens is 476 g/mol. The molecule has 0 aromatic carbocycles. The highest BCUT2D eigenvalue weighted by Gasteiger charge is 2.31. The molecule has 0 spiro atoms. The highest BCUT2D eigenvalue weighted by atomic mass is 16.4. The van der Waals surface area contributed by atoms with Crippen LogP contribution in [-0.2, 0) is 19.2 Å². The molecule has 0 aliphatic carbocycles. The molecule has 0 heterocycles. The number of carbonyl (C=O) groups is 4. The first-order valence-corrected chi connectivity index (χ1v) is 11.4. The molecule has 0 aliphatic heterocycles. The Labute approximate surface area is 209 Å². The van der Waals surface area contributed by atoms with Gasteiger partial charge in [-0.1, -0.05) is 13.8 Å². The van der Waals surface area contributed by atoms with E-state index in [2.05, 4.69) is 25.9 Å². The summed E-state index contributed by atoms with van der Waals surface area (Å²) >= 11 is 0. The molecule has 0 aromatic heterocycles. The summed E-state index contributed by atoms with van der Waals surface area (Å²) in [6, 6.07) is -4.75. The van der Waals surface area contributed by atoms with Gasteiger partial charge in [-0.2, -0.15) is 0 Å². The molecular formula is C20H40N10O6. The number of amides is 3. The fourth-order valence-corrected chi connectivity index (χ4v) is 2.93. The number of nitrogens with zero attached hydrogens (tertiary/aromatic N) is 2. The SMILES string of the molecule is CC(C)C(NC(=O)C(CO)NC(=O)C(N)CCCN=C(N)N)C(=O)NC(CCCN=C(N)N)C(=O)O. The van der Waals surface area contributed by atoms with Crippen LogP contribution in [0.1, 0.15) is 39.5 Å². The van der Waals surface area contributed by atoms with Crippen molar-refractivity contribution in [3.05, 3.63) is 0 Å². The number of hydrogen-bond donors (Lipinski definition) is 10. The van der Waals surface area contributed by atoms with Crippen molar-refractivity contribution in [3.8, 4) is 0 Å². The Morgan fingerprint density at radius 3 is 1.72 bits per heavy atom. The first-order chi connectivity index (χ1) is 16.8. The zero-order chi connectivity index (χ0) is 27.8. The monoisotopic (exact) mass is 516 g/mol. The standard InChI is InChI=1S/C20H40N10O6/c1-10(2)14(17(34)28-12(18(35)36)6-4-8-27-20(24)25)30-16(33)13(9-31)29-15(32)11(21)5-3-7-26-19(22)23/h10-14,31H,3-9,21H2,1-2H3,(H,28,34)(H,29,32)(H,30,33)(H,35,36)(H4,22,23,26)(H4,24,25,27). The van der Waals surface area contributed by atoms with E-state index in [9.17, 15) is 29.4 Å². The molecule has 0 fully saturated rings. The van der Waals surface area contributed by atoms with Crippen molar-refractivity contribution < 1.29 is 29.4 Å². The highest BCUT2D eigenvalue weighted by molar-refractivity contribution is 5.94. The van der Waals surface area contributed by atoms with Crippen molar-refractivity contribution in [2.45, 2.75) is 63.7 Å². The lowest BCUT2D eigenvalue weighted by Gasteiger charge is -2.26. The van der Waals surface area contributed by atoms with E-state index in [1.54, 1.807) is 13.8 Å². The molecule has 0 saturated carbocycles. The zero-order valence-corrected chi connectivity index (χ0v) is 20.6. The van der Waals surface area contributed by atoms with Crippen LogP contribution in [0.15, 0.2) is 9.98 Å². The molecule has 0 rings (SSSR count). The van der Waals surface area contributed by atoms with Crippen LogP contribution in [-0.4, -0.2) is 89.7 Å². The normalized spacial score (nSPS) is 14.0. The van der Waals surface area contributed by atoms with Crippen molar-refractivity contribution >= 4 is 35.6 Å². The number of carboxylic acid groups (broad SMARTS) is 1. The summed E-state index contributed by atoms with van der Waals surface area (Å²) in [6.45, 7) is 2.97. The number of aliphatic hydroxyl groups excluding tert-OH is 1. The maximum atomic E-state index is 12.8. The number of hydrogen-bond acceptors (Lipinski definition) is 8. The van der Waals surface area contributed by atoms with E-state index in [0.29, 0.717) is 12.8 Å². The number of nitrogens with one attached hydrogen (secondary N) is 3. The number of carbonyl (C=O) groups excluding carboxylic acids is 3. The van der Waals surface area contributed by atoms with Crippen LogP contribution in [0.2, 0.25) is 0 Å². The number of carboxylic acids is 1. The molecule has 3 amide bonds. The van der Waals surface area contributed by atoms with E-state index < -0.39 is 60.4 Å². The summed E-state index contributed by atoms with van der Waals surface area (Å²) in [6.07, 6.45) is 0.972. The van der Waals surface area contributed by atoms with Crippen LogP contribution in [0.5, 0.6) is 0 Å². The first kappa shape index (κ1) is 32.3. The van der Waals surface area contributed by atoms with Gasteiger partial charge < -0.3 is 54.8 Å². The van der Waals surface area contributed by atoms with Gasteiger partial charge in [0.1, 0.15) is 18.1 Å². The summed E-state index contributed by atoms with van der Waals surface area (Å²) in [5.41, 5.74) is 26.7. The number of aliphatic hydroxyl groups is 1. The van der Waals surface area contributed by atoms with Gasteiger partial charge in [-0.3, -0.25) is 24.4 Å². The lowest BCUT2D eigenvalue weighted by atomic mass is 10.0. The number of guanidine groups is 2. The Morgan fingerprint density at radius 2 is 1.28 bits per heavy atom. The van der Waals surface area contributed by atoms with Gasteiger partial charge in [-0.15, -0.1) is 0 Å². The van der Waals surface area contributed by atoms with Crippen molar-refractivity contribution in [2.24, 2.45) is 44.6 Å². The molecule has 0 aliphatic rings. The second kappa shape index (κ2) is 16.9. The summed E-state index contributed by atoms with van der Waals surface area (Å²) in [5, 5.41) is 26.2. The van der Waals surface area contributed by atoms with E-state index in [-0.39, 0.29) is 37.9 Å². The van der Waals surface area contributed by atoms with Gasteiger partial charge >= 0.3 is 5.97 Å². The van der Waals surface area contributed by atoms with Crippen LogP contribution >= 0.6 is 0 Å². The van der Waals surface area contributed by atoms with Crippen LogP contribution in [0.4, 0.5) is 0 Å². The fraction of sp³-hybridized carbons (Fsp3) is 0.700. The van der Waals surface area contributed by atoms with E-state index in [0.717, 1.165) is 0 Å². The summed E-state index contributed by atoms with van der Waals surface area (Å²) in [7, 11) is 0. The van der Waals surface area contributed by atoms with E-state index in [1.165, 1.54) is 0 Å². The molecule has 0 bridgehead atoms. The smallest absolute Gasteiger partial charge is 0.326 e. The molecule has 4 atom stereocenters. The number of nitrogens with two attached hydrogens (primary N) is 5. The molecule has 16 heteroatoms. The van der Waals surface area contributed by atoms with Crippen molar-refractivity contribution in [1.82, 2.24) is 16.0 Å². The fourth-order valence-electron chi connectivity index (χ4n) is 2.93.